The summed E-state index contributed by atoms with van der Waals surface area (Å²) in [6, 6.07) is 59.1. The van der Waals surface area contributed by atoms with E-state index in [1.165, 1.54) is 125 Å². The highest BCUT2D eigenvalue weighted by Crippen LogP contribution is 2.62. The normalized spacial score (nSPS) is 19.0. The van der Waals surface area contributed by atoms with Gasteiger partial charge in [0.2, 0.25) is 0 Å². The first-order valence-electron chi connectivity index (χ1n) is 26.9. The highest BCUT2D eigenvalue weighted by molar-refractivity contribution is 7.00. The number of aryl methyl sites for hydroxylation is 1. The molecule has 12 rings (SSSR count). The van der Waals surface area contributed by atoms with Gasteiger partial charge in [0.05, 0.1) is 11.2 Å². The van der Waals surface area contributed by atoms with Crippen LogP contribution in [0.2, 0.25) is 0 Å². The lowest BCUT2D eigenvalue weighted by Crippen LogP contribution is -2.61. The van der Waals surface area contributed by atoms with E-state index >= 15 is 0 Å². The number of benzene rings is 7. The maximum atomic E-state index is 4.52. The first-order valence-corrected chi connectivity index (χ1v) is 26.9. The lowest BCUT2D eigenvalue weighted by atomic mass is 9.33. The second-order valence-corrected chi connectivity index (χ2v) is 25.4. The third-order valence-electron chi connectivity index (χ3n) is 17.6. The Balaban J connectivity index is 1.13. The molecule has 2 unspecified atom stereocenters. The number of rotatable bonds is 5. The zero-order chi connectivity index (χ0) is 51.0. The van der Waals surface area contributed by atoms with Crippen molar-refractivity contribution in [3.8, 4) is 22.3 Å². The van der Waals surface area contributed by atoms with E-state index in [0.29, 0.717) is 0 Å². The number of aromatic nitrogens is 1. The van der Waals surface area contributed by atoms with Gasteiger partial charge in [0.15, 0.2) is 0 Å². The summed E-state index contributed by atoms with van der Waals surface area (Å²) in [5.41, 5.74) is 25.3. The van der Waals surface area contributed by atoms with E-state index in [-0.39, 0.29) is 33.9 Å². The van der Waals surface area contributed by atoms with Crippen molar-refractivity contribution < 1.29 is 0 Å². The minimum Gasteiger partial charge on any atom is -0.334 e. The Morgan fingerprint density at radius 2 is 1.07 bits per heavy atom. The zero-order valence-electron chi connectivity index (χ0n) is 45.3. The molecule has 2 atom stereocenters. The molecule has 1 aromatic heterocycles. The predicted molar refractivity (Wildman–Crippen MR) is 313 cm³/mol. The fourth-order valence-corrected chi connectivity index (χ4v) is 13.3. The fraction of sp³-hybridized carbons (Fsp3) is 0.309. The van der Waals surface area contributed by atoms with Gasteiger partial charge in [-0.3, -0.25) is 4.98 Å². The van der Waals surface area contributed by atoms with Crippen molar-refractivity contribution in [2.75, 3.05) is 14.7 Å². The Morgan fingerprint density at radius 3 is 1.75 bits per heavy atom. The standard InChI is InChI=1S/C68H71BN4/c1-44-37-61-63-62(38-44)72(57-33-26-49(65(5,6)7)40-53(57)45-19-14-13-15-20-45)59-41-50(66(8,9)10)25-30-55(59)69(63)56-31-29-52(42-60(56)71(61)51-27-23-48(24-28-51)64(2,3)4)73-58-32-22-46(47-21-18-36-70-43-47)39-54(58)67(11)34-16-17-35-68(67,73)12/h13-15,18-33,36-43H,16-17,34-35H2,1-12H3. The van der Waals surface area contributed by atoms with Crippen LogP contribution in [0.1, 0.15) is 130 Å². The van der Waals surface area contributed by atoms with Gasteiger partial charge in [0, 0.05) is 63.2 Å². The maximum Gasteiger partial charge on any atom is 0.252 e. The Bertz CT molecular complexity index is 3470. The number of hydrogen-bond acceptors (Lipinski definition) is 4. The second-order valence-electron chi connectivity index (χ2n) is 25.4. The zero-order valence-corrected chi connectivity index (χ0v) is 45.3. The second kappa shape index (κ2) is 16.6. The molecule has 7 aromatic carbocycles. The van der Waals surface area contributed by atoms with Crippen LogP contribution in [-0.2, 0) is 21.7 Å². The molecule has 8 aromatic rings. The Hall–Kier alpha value is -6.85. The Kier molecular flexibility index (Phi) is 10.7. The highest BCUT2D eigenvalue weighted by Gasteiger charge is 2.58. The van der Waals surface area contributed by atoms with Gasteiger partial charge < -0.3 is 14.7 Å². The highest BCUT2D eigenvalue weighted by atomic mass is 15.3. The molecule has 4 aliphatic rings. The number of anilines is 8. The van der Waals surface area contributed by atoms with Crippen molar-refractivity contribution in [3.63, 3.8) is 0 Å². The van der Waals surface area contributed by atoms with Crippen molar-refractivity contribution in [1.82, 2.24) is 4.98 Å². The first kappa shape index (κ1) is 47.2. The number of nitrogens with zero attached hydrogens (tertiary/aromatic N) is 4. The number of pyridine rings is 1. The van der Waals surface area contributed by atoms with E-state index in [9.17, 15) is 0 Å². The fourth-order valence-electron chi connectivity index (χ4n) is 13.3. The largest absolute Gasteiger partial charge is 0.334 e. The Labute approximate surface area is 436 Å². The summed E-state index contributed by atoms with van der Waals surface area (Å²) in [5.74, 6) is 0. The van der Waals surface area contributed by atoms with Crippen LogP contribution in [0.4, 0.5) is 45.5 Å². The van der Waals surface area contributed by atoms with Gasteiger partial charge in [-0.05, 0) is 177 Å². The molecular weight excluding hydrogens is 884 g/mol. The van der Waals surface area contributed by atoms with E-state index < -0.39 is 0 Å². The van der Waals surface area contributed by atoms with Crippen LogP contribution in [0, 0.1) is 6.92 Å². The summed E-state index contributed by atoms with van der Waals surface area (Å²) < 4.78 is 0. The van der Waals surface area contributed by atoms with Crippen LogP contribution >= 0.6 is 0 Å². The molecule has 1 saturated carbocycles. The van der Waals surface area contributed by atoms with Crippen LogP contribution in [-0.4, -0.2) is 17.2 Å². The van der Waals surface area contributed by atoms with Gasteiger partial charge in [-0.25, -0.2) is 0 Å². The minimum absolute atomic E-state index is 0.00234. The lowest BCUT2D eigenvalue weighted by Gasteiger charge is -2.50. The van der Waals surface area contributed by atoms with E-state index in [0.717, 1.165) is 12.8 Å². The van der Waals surface area contributed by atoms with Gasteiger partial charge in [0.1, 0.15) is 0 Å². The summed E-state index contributed by atoms with van der Waals surface area (Å²) in [5, 5.41) is 0. The first-order chi connectivity index (χ1) is 34.7. The molecule has 366 valence electrons. The molecular formula is C68H71BN4. The topological polar surface area (TPSA) is 22.6 Å². The number of hydrogen-bond donors (Lipinski definition) is 0. The molecule has 3 aliphatic heterocycles. The van der Waals surface area contributed by atoms with Gasteiger partial charge in [-0.1, -0.05) is 161 Å². The molecule has 73 heavy (non-hydrogen) atoms. The van der Waals surface area contributed by atoms with Crippen LogP contribution in [0.5, 0.6) is 0 Å². The van der Waals surface area contributed by atoms with Crippen molar-refractivity contribution in [2.45, 2.75) is 136 Å². The molecule has 1 aliphatic carbocycles. The molecule has 0 N–H and O–H groups in total. The van der Waals surface area contributed by atoms with E-state index in [1.807, 2.05) is 12.4 Å². The van der Waals surface area contributed by atoms with E-state index in [1.54, 1.807) is 0 Å². The summed E-state index contributed by atoms with van der Waals surface area (Å²) >= 11 is 0. The van der Waals surface area contributed by atoms with Crippen LogP contribution < -0.4 is 31.1 Å². The van der Waals surface area contributed by atoms with Gasteiger partial charge in [0.25, 0.3) is 6.71 Å². The molecule has 4 nitrogen and oxygen atoms in total. The Morgan fingerprint density at radius 1 is 0.479 bits per heavy atom. The van der Waals surface area contributed by atoms with Gasteiger partial charge >= 0.3 is 0 Å². The van der Waals surface area contributed by atoms with Crippen LogP contribution in [0.3, 0.4) is 0 Å². The van der Waals surface area contributed by atoms with Crippen LogP contribution in [0.25, 0.3) is 22.3 Å². The van der Waals surface area contributed by atoms with Crippen molar-refractivity contribution in [1.29, 1.82) is 0 Å². The smallest absolute Gasteiger partial charge is 0.252 e. The molecule has 0 spiro atoms. The van der Waals surface area contributed by atoms with Crippen molar-refractivity contribution in [2.24, 2.45) is 0 Å². The summed E-state index contributed by atoms with van der Waals surface area (Å²) in [6.07, 6.45) is 8.62. The maximum absolute atomic E-state index is 4.52. The van der Waals surface area contributed by atoms with E-state index in [2.05, 4.69) is 254 Å². The van der Waals surface area contributed by atoms with Crippen molar-refractivity contribution >= 4 is 68.6 Å². The van der Waals surface area contributed by atoms with E-state index in [4.69, 9.17) is 0 Å². The molecule has 5 heteroatoms. The third kappa shape index (κ3) is 7.42. The predicted octanol–water partition coefficient (Wildman–Crippen LogP) is 16.4. The van der Waals surface area contributed by atoms with Gasteiger partial charge in [-0.15, -0.1) is 0 Å². The SMILES string of the molecule is Cc1cc2c3c(c1)N(c1ccc(C(C)(C)C)cc1-c1ccccc1)c1cc(C(C)(C)C)ccc1B3c1ccc(N3c4ccc(-c5cccnc5)cc4C4(C)CCCCC34C)cc1N2c1ccc(C(C)(C)C)cc1. The van der Waals surface area contributed by atoms with Crippen molar-refractivity contribution in [3.05, 3.63) is 192 Å². The summed E-state index contributed by atoms with van der Waals surface area (Å²) in [7, 11) is 0. The quantitative estimate of drug-likeness (QED) is 0.160. The number of fused-ring (bicyclic) bond motifs is 7. The molecule has 0 amide bonds. The molecule has 4 heterocycles. The molecule has 0 bridgehead atoms. The summed E-state index contributed by atoms with van der Waals surface area (Å²) in [4.78, 5) is 12.5. The minimum atomic E-state index is -0.120. The molecule has 0 radical (unpaired) electrons. The average molecular weight is 955 g/mol. The monoisotopic (exact) mass is 955 g/mol. The molecule has 1 fully saturated rings. The van der Waals surface area contributed by atoms with Crippen LogP contribution in [0.15, 0.2) is 164 Å². The average Bonchev–Trinajstić information content (AvgIpc) is 3.58. The summed E-state index contributed by atoms with van der Waals surface area (Å²) in [6.45, 7) is 28.4. The van der Waals surface area contributed by atoms with Gasteiger partial charge in [-0.2, -0.15) is 0 Å². The third-order valence-corrected chi connectivity index (χ3v) is 17.6. The molecule has 0 saturated heterocycles. The lowest BCUT2D eigenvalue weighted by molar-refractivity contribution is 0.195.